The highest BCUT2D eigenvalue weighted by molar-refractivity contribution is 7.89. The van der Waals surface area contributed by atoms with Gasteiger partial charge in [0.05, 0.1) is 11.0 Å². The number of sulfonamides is 1. The van der Waals surface area contributed by atoms with Gasteiger partial charge in [0.25, 0.3) is 0 Å². The highest BCUT2D eigenvalue weighted by Gasteiger charge is 2.18. The molecule has 0 aliphatic carbocycles. The molecule has 116 valence electrons. The molecule has 1 rings (SSSR count). The molecule has 0 bridgehead atoms. The van der Waals surface area contributed by atoms with Crippen LogP contribution in [0.4, 0.5) is 0 Å². The molecule has 2 N–H and O–H groups in total. The third kappa shape index (κ3) is 5.48. The fourth-order valence-electron chi connectivity index (χ4n) is 1.76. The minimum absolute atomic E-state index is 0.191. The fourth-order valence-corrected chi connectivity index (χ4v) is 3.14. The van der Waals surface area contributed by atoms with Crippen molar-refractivity contribution in [1.82, 2.24) is 4.72 Å². The van der Waals surface area contributed by atoms with Crippen molar-refractivity contribution in [3.05, 3.63) is 29.3 Å². The molecule has 0 saturated heterocycles. The minimum atomic E-state index is -3.61. The van der Waals surface area contributed by atoms with Crippen molar-refractivity contribution in [1.29, 1.82) is 0 Å². The van der Waals surface area contributed by atoms with E-state index in [9.17, 15) is 8.42 Å². The van der Waals surface area contributed by atoms with Crippen molar-refractivity contribution in [3.63, 3.8) is 0 Å². The van der Waals surface area contributed by atoms with Gasteiger partial charge >= 0.3 is 0 Å². The highest BCUT2D eigenvalue weighted by Crippen LogP contribution is 2.16. The molecule has 0 aliphatic rings. The van der Waals surface area contributed by atoms with E-state index in [4.69, 9.17) is 9.84 Å². The van der Waals surface area contributed by atoms with E-state index < -0.39 is 10.0 Å². The first kappa shape index (κ1) is 17.7. The first-order valence-corrected chi connectivity index (χ1v) is 8.20. The van der Waals surface area contributed by atoms with Crippen molar-refractivity contribution < 1.29 is 18.3 Å². The minimum Gasteiger partial charge on any atom is -0.384 e. The van der Waals surface area contributed by atoms with Crippen molar-refractivity contribution in [2.24, 2.45) is 0 Å². The number of rotatable bonds is 6. The molecule has 0 spiro atoms. The maximum absolute atomic E-state index is 12.3. The molecule has 0 amide bonds. The smallest absolute Gasteiger partial charge is 0.240 e. The van der Waals surface area contributed by atoms with Crippen molar-refractivity contribution in [2.75, 3.05) is 19.8 Å². The molecule has 0 aliphatic heterocycles. The van der Waals surface area contributed by atoms with Crippen molar-refractivity contribution >= 4 is 10.0 Å². The lowest BCUT2D eigenvalue weighted by Gasteiger charge is -2.14. The Hall–Kier alpha value is -1.39. The second kappa shape index (κ2) is 8.15. The van der Waals surface area contributed by atoms with Crippen LogP contribution in [0, 0.1) is 18.8 Å². The summed E-state index contributed by atoms with van der Waals surface area (Å²) in [6.07, 6.45) is -0.192. The van der Waals surface area contributed by atoms with Crippen LogP contribution in [0.15, 0.2) is 23.1 Å². The first-order valence-electron chi connectivity index (χ1n) is 6.72. The van der Waals surface area contributed by atoms with Crippen molar-refractivity contribution in [2.45, 2.75) is 31.8 Å². The van der Waals surface area contributed by atoms with Crippen LogP contribution in [0.2, 0.25) is 0 Å². The van der Waals surface area contributed by atoms with E-state index >= 15 is 0 Å². The molecule has 6 heteroatoms. The number of aliphatic hydroxyl groups excluding tert-OH is 1. The van der Waals surface area contributed by atoms with Gasteiger partial charge in [-0.1, -0.05) is 17.9 Å². The van der Waals surface area contributed by atoms with E-state index in [2.05, 4.69) is 16.6 Å². The van der Waals surface area contributed by atoms with Crippen LogP contribution < -0.4 is 4.72 Å². The lowest BCUT2D eigenvalue weighted by molar-refractivity contribution is 0.0799. The summed E-state index contributed by atoms with van der Waals surface area (Å²) < 4.78 is 32.5. The summed E-state index contributed by atoms with van der Waals surface area (Å²) >= 11 is 0. The second-order valence-corrected chi connectivity index (χ2v) is 6.29. The molecule has 1 aromatic carbocycles. The summed E-state index contributed by atoms with van der Waals surface area (Å²) in [5.74, 6) is 5.20. The number of benzene rings is 1. The number of aryl methyl sites for hydroxylation is 1. The molecule has 0 fully saturated rings. The molecule has 1 unspecified atom stereocenters. The normalized spacial score (nSPS) is 12.6. The van der Waals surface area contributed by atoms with Crippen LogP contribution in [0.3, 0.4) is 0 Å². The molecule has 0 saturated carbocycles. The zero-order valence-corrected chi connectivity index (χ0v) is 13.3. The maximum atomic E-state index is 12.3. The number of hydrogen-bond acceptors (Lipinski definition) is 4. The van der Waals surface area contributed by atoms with E-state index in [0.29, 0.717) is 17.7 Å². The van der Waals surface area contributed by atoms with Gasteiger partial charge in [-0.3, -0.25) is 0 Å². The summed E-state index contributed by atoms with van der Waals surface area (Å²) in [5, 5.41) is 8.69. The van der Waals surface area contributed by atoms with Gasteiger partial charge in [0.15, 0.2) is 0 Å². The third-order valence-corrected chi connectivity index (χ3v) is 4.37. The summed E-state index contributed by atoms with van der Waals surface area (Å²) in [4.78, 5) is 0.191. The average molecular weight is 311 g/mol. The number of ether oxygens (including phenoxy) is 1. The second-order valence-electron chi connectivity index (χ2n) is 4.56. The van der Waals surface area contributed by atoms with E-state index in [0.717, 1.165) is 0 Å². The van der Waals surface area contributed by atoms with Gasteiger partial charge in [0, 0.05) is 18.7 Å². The number of aliphatic hydroxyl groups is 1. The van der Waals surface area contributed by atoms with Crippen LogP contribution in [0.5, 0.6) is 0 Å². The van der Waals surface area contributed by atoms with Gasteiger partial charge in [-0.05, 0) is 38.5 Å². The Morgan fingerprint density at radius 1 is 1.43 bits per heavy atom. The average Bonchev–Trinajstić information content (AvgIpc) is 2.44. The topological polar surface area (TPSA) is 75.6 Å². The van der Waals surface area contributed by atoms with E-state index in [-0.39, 0.29) is 24.2 Å². The molecule has 0 radical (unpaired) electrons. The molecular formula is C15H21NO4S. The van der Waals surface area contributed by atoms with Crippen LogP contribution >= 0.6 is 0 Å². The Morgan fingerprint density at radius 2 is 2.14 bits per heavy atom. The maximum Gasteiger partial charge on any atom is 0.240 e. The molecule has 1 aromatic rings. The quantitative estimate of drug-likeness (QED) is 0.770. The van der Waals surface area contributed by atoms with E-state index in [1.165, 1.54) is 6.07 Å². The SMILES string of the molecule is CCOC(C)CNS(=O)(=O)c1cc(C#CCO)ccc1C. The lowest BCUT2D eigenvalue weighted by Crippen LogP contribution is -2.32. The molecule has 1 atom stereocenters. The van der Waals surface area contributed by atoms with Crippen LogP contribution in [-0.4, -0.2) is 39.4 Å². The Labute approximate surface area is 126 Å². The Bertz CT molecular complexity index is 629. The van der Waals surface area contributed by atoms with Gasteiger partial charge < -0.3 is 9.84 Å². The summed E-state index contributed by atoms with van der Waals surface area (Å²) in [6.45, 7) is 5.88. The van der Waals surface area contributed by atoms with E-state index in [1.807, 2.05) is 13.8 Å². The van der Waals surface area contributed by atoms with Gasteiger partial charge in [-0.15, -0.1) is 0 Å². The molecule has 0 heterocycles. The highest BCUT2D eigenvalue weighted by atomic mass is 32.2. The van der Waals surface area contributed by atoms with Gasteiger partial charge in [-0.25, -0.2) is 13.1 Å². The molecule has 21 heavy (non-hydrogen) atoms. The molecular weight excluding hydrogens is 290 g/mol. The first-order chi connectivity index (χ1) is 9.90. The Kier molecular flexibility index (Phi) is 6.85. The Balaban J connectivity index is 2.96. The number of hydrogen-bond donors (Lipinski definition) is 2. The standard InChI is InChI=1S/C15H21NO4S/c1-4-20-13(3)11-16-21(18,19)15-10-14(6-5-9-17)8-7-12(15)2/h7-8,10,13,16-17H,4,9,11H2,1-3H3. The van der Waals surface area contributed by atoms with Crippen LogP contribution in [0.25, 0.3) is 0 Å². The predicted molar refractivity (Wildman–Crippen MR) is 81.4 cm³/mol. The summed E-state index contributed by atoms with van der Waals surface area (Å²) in [5.41, 5.74) is 1.19. The molecule has 5 nitrogen and oxygen atoms in total. The zero-order chi connectivity index (χ0) is 15.9. The van der Waals surface area contributed by atoms with Gasteiger partial charge in [0.2, 0.25) is 10.0 Å². The zero-order valence-electron chi connectivity index (χ0n) is 12.5. The van der Waals surface area contributed by atoms with Crippen LogP contribution in [-0.2, 0) is 14.8 Å². The predicted octanol–water partition coefficient (Wildman–Crippen LogP) is 1.04. The van der Waals surface area contributed by atoms with Gasteiger partial charge in [-0.2, -0.15) is 0 Å². The number of nitrogens with one attached hydrogen (secondary N) is 1. The molecule has 0 aromatic heterocycles. The third-order valence-electron chi connectivity index (χ3n) is 2.80. The monoisotopic (exact) mass is 311 g/mol. The lowest BCUT2D eigenvalue weighted by atomic mass is 10.1. The fraction of sp³-hybridized carbons (Fsp3) is 0.467. The summed E-state index contributed by atoms with van der Waals surface area (Å²) in [6, 6.07) is 4.92. The van der Waals surface area contributed by atoms with Crippen LogP contribution in [0.1, 0.15) is 25.0 Å². The Morgan fingerprint density at radius 3 is 2.76 bits per heavy atom. The largest absolute Gasteiger partial charge is 0.384 e. The van der Waals surface area contributed by atoms with Crippen molar-refractivity contribution in [3.8, 4) is 11.8 Å². The summed E-state index contributed by atoms with van der Waals surface area (Å²) in [7, 11) is -3.61. The van der Waals surface area contributed by atoms with E-state index in [1.54, 1.807) is 19.1 Å². The van der Waals surface area contributed by atoms with Gasteiger partial charge in [0.1, 0.15) is 6.61 Å².